The van der Waals surface area contributed by atoms with Crippen LogP contribution in [-0.4, -0.2) is 92.4 Å². The Kier molecular flexibility index (Phi) is 10.2. The van der Waals surface area contributed by atoms with Crippen molar-refractivity contribution in [3.05, 3.63) is 47.2 Å². The summed E-state index contributed by atoms with van der Waals surface area (Å²) in [6.45, 7) is 1.58. The normalized spacial score (nSPS) is 23.1. The number of phenols is 1. The molecule has 17 heteroatoms. The molecule has 3 fully saturated rings. The fraction of sp³-hybridized carbons (Fsp3) is 0.537. The van der Waals surface area contributed by atoms with Crippen LogP contribution in [0, 0.1) is 24.0 Å². The van der Waals surface area contributed by atoms with E-state index in [2.05, 4.69) is 33.2 Å². The van der Waals surface area contributed by atoms with Gasteiger partial charge in [-0.1, -0.05) is 18.9 Å². The predicted molar refractivity (Wildman–Crippen MR) is 199 cm³/mol. The monoisotopic (exact) mass is 818 g/mol. The van der Waals surface area contributed by atoms with Crippen LogP contribution >= 0.6 is 0 Å². The maximum absolute atomic E-state index is 17.2. The fourth-order valence-corrected chi connectivity index (χ4v) is 8.99. The average Bonchev–Trinajstić information content (AvgIpc) is 3.84. The number of nitrogens with one attached hydrogen (secondary N) is 2. The van der Waals surface area contributed by atoms with Crippen molar-refractivity contribution in [2.45, 2.75) is 119 Å². The highest BCUT2D eigenvalue weighted by Crippen LogP contribution is 2.48. The molecule has 0 unspecified atom stereocenters. The molecule has 9 nitrogen and oxygen atoms in total. The van der Waals surface area contributed by atoms with Gasteiger partial charge in [-0.3, -0.25) is 4.90 Å². The number of pyridine rings is 1. The van der Waals surface area contributed by atoms with Crippen LogP contribution in [0.4, 0.5) is 40.9 Å². The minimum absolute atomic E-state index is 0.00187. The molecular formula is C41H42F8N6O3. The molecule has 0 spiro atoms. The SMILES string of the molecule is C#Cc1c(F)ccc2cc(O)cc(-c3nc4c5c(nc(OC[C@@]67CCCN6[C@H](COC(C)(C(F)(F)F)C(F)(F)F)CC7)nc5c3F)N[C@@H]([C@H](CC)NC3CC3)CC4)c12. The highest BCUT2D eigenvalue weighted by Gasteiger charge is 2.69. The number of aromatic hydroxyl groups is 1. The molecule has 4 atom stereocenters. The molecule has 58 heavy (non-hydrogen) atoms. The van der Waals surface area contributed by atoms with Crippen molar-refractivity contribution in [1.29, 1.82) is 0 Å². The quantitative estimate of drug-likeness (QED) is 0.102. The molecule has 0 amide bonds. The van der Waals surface area contributed by atoms with Crippen LogP contribution in [-0.2, 0) is 11.2 Å². The van der Waals surface area contributed by atoms with Crippen LogP contribution in [0.15, 0.2) is 24.3 Å². The molecule has 0 bridgehead atoms. The third-order valence-electron chi connectivity index (χ3n) is 12.4. The van der Waals surface area contributed by atoms with Crippen molar-refractivity contribution in [2.75, 3.05) is 25.1 Å². The molecule has 4 aliphatic rings. The summed E-state index contributed by atoms with van der Waals surface area (Å²) in [6.07, 6.45) is 0.0328. The molecule has 2 aromatic carbocycles. The van der Waals surface area contributed by atoms with Crippen molar-refractivity contribution in [2.24, 2.45) is 0 Å². The van der Waals surface area contributed by atoms with Crippen LogP contribution in [0.2, 0.25) is 0 Å². The summed E-state index contributed by atoms with van der Waals surface area (Å²) < 4.78 is 125. The van der Waals surface area contributed by atoms with E-state index in [9.17, 15) is 31.4 Å². The van der Waals surface area contributed by atoms with E-state index in [-0.39, 0.29) is 77.3 Å². The fourth-order valence-electron chi connectivity index (χ4n) is 8.99. The molecule has 4 aromatic rings. The molecule has 8 rings (SSSR count). The maximum atomic E-state index is 17.2. The zero-order valence-corrected chi connectivity index (χ0v) is 31.8. The van der Waals surface area contributed by atoms with Crippen molar-refractivity contribution < 1.29 is 49.7 Å². The average molecular weight is 819 g/mol. The number of rotatable bonds is 11. The summed E-state index contributed by atoms with van der Waals surface area (Å²) in [5.74, 6) is 0.795. The van der Waals surface area contributed by atoms with Gasteiger partial charge in [-0.25, -0.2) is 13.8 Å². The Bertz CT molecular complexity index is 2280. The van der Waals surface area contributed by atoms with Crippen LogP contribution in [0.3, 0.4) is 0 Å². The van der Waals surface area contributed by atoms with E-state index in [1.54, 1.807) is 0 Å². The maximum Gasteiger partial charge on any atom is 0.426 e. The zero-order chi connectivity index (χ0) is 41.4. The van der Waals surface area contributed by atoms with Crippen LogP contribution in [0.5, 0.6) is 11.8 Å². The van der Waals surface area contributed by atoms with Crippen molar-refractivity contribution >= 4 is 27.5 Å². The van der Waals surface area contributed by atoms with Crippen molar-refractivity contribution in [3.63, 3.8) is 0 Å². The number of alkyl halides is 6. The number of aryl methyl sites for hydroxylation is 1. The number of aromatic nitrogens is 3. The van der Waals surface area contributed by atoms with Crippen LogP contribution in [0.25, 0.3) is 32.9 Å². The Morgan fingerprint density at radius 1 is 1.03 bits per heavy atom. The summed E-state index contributed by atoms with van der Waals surface area (Å²) >= 11 is 0. The molecule has 1 aliphatic carbocycles. The first-order chi connectivity index (χ1) is 27.5. The third-order valence-corrected chi connectivity index (χ3v) is 12.4. The van der Waals surface area contributed by atoms with Gasteiger partial charge in [-0.2, -0.15) is 36.3 Å². The number of hydrogen-bond acceptors (Lipinski definition) is 9. The first-order valence-corrected chi connectivity index (χ1v) is 19.5. The van der Waals surface area contributed by atoms with E-state index in [0.29, 0.717) is 61.2 Å². The number of phenolic OH excluding ortho intramolecular Hbond substituents is 1. The van der Waals surface area contributed by atoms with E-state index >= 15 is 8.78 Å². The first kappa shape index (κ1) is 40.3. The number of ether oxygens (including phenoxy) is 2. The predicted octanol–water partition coefficient (Wildman–Crippen LogP) is 8.34. The Balaban J connectivity index is 1.17. The molecule has 3 N–H and O–H groups in total. The lowest BCUT2D eigenvalue weighted by Crippen LogP contribution is -2.58. The molecule has 2 aromatic heterocycles. The molecular weight excluding hydrogens is 776 g/mol. The van der Waals surface area contributed by atoms with Gasteiger partial charge in [0.2, 0.25) is 0 Å². The molecule has 5 heterocycles. The summed E-state index contributed by atoms with van der Waals surface area (Å²) in [5.41, 5.74) is -5.09. The summed E-state index contributed by atoms with van der Waals surface area (Å²) in [6, 6.07) is 4.56. The molecule has 2 saturated heterocycles. The van der Waals surface area contributed by atoms with Gasteiger partial charge in [-0.15, -0.1) is 6.42 Å². The van der Waals surface area contributed by atoms with E-state index < -0.39 is 47.8 Å². The van der Waals surface area contributed by atoms with Crippen LogP contribution in [0.1, 0.15) is 76.5 Å². The summed E-state index contributed by atoms with van der Waals surface area (Å²) in [7, 11) is 0. The van der Waals surface area contributed by atoms with Crippen LogP contribution < -0.4 is 15.4 Å². The second-order valence-electron chi connectivity index (χ2n) is 16.0. The van der Waals surface area contributed by atoms with E-state index in [0.717, 1.165) is 19.3 Å². The van der Waals surface area contributed by atoms with Gasteiger partial charge in [0.1, 0.15) is 35.2 Å². The number of halogens is 8. The smallest absolute Gasteiger partial charge is 0.426 e. The minimum Gasteiger partial charge on any atom is -0.508 e. The number of fused-ring (bicyclic) bond motifs is 2. The molecule has 3 aliphatic heterocycles. The molecule has 0 radical (unpaired) electrons. The number of hydrogen-bond donors (Lipinski definition) is 3. The summed E-state index contributed by atoms with van der Waals surface area (Å²) in [5, 5.41) is 18.8. The number of benzene rings is 2. The van der Waals surface area contributed by atoms with Gasteiger partial charge < -0.3 is 25.2 Å². The highest BCUT2D eigenvalue weighted by molar-refractivity contribution is 6.03. The Morgan fingerprint density at radius 3 is 2.48 bits per heavy atom. The van der Waals surface area contributed by atoms with Gasteiger partial charge in [0.25, 0.3) is 5.60 Å². The summed E-state index contributed by atoms with van der Waals surface area (Å²) in [4.78, 5) is 15.9. The second kappa shape index (κ2) is 14.6. The highest BCUT2D eigenvalue weighted by atomic mass is 19.4. The third kappa shape index (κ3) is 6.94. The molecule has 310 valence electrons. The van der Waals surface area contributed by atoms with E-state index in [1.165, 1.54) is 24.3 Å². The Hall–Kier alpha value is -4.53. The van der Waals surface area contributed by atoms with Gasteiger partial charge in [0.15, 0.2) is 5.82 Å². The largest absolute Gasteiger partial charge is 0.508 e. The first-order valence-electron chi connectivity index (χ1n) is 19.5. The second-order valence-corrected chi connectivity index (χ2v) is 16.0. The Labute approximate surface area is 328 Å². The lowest BCUT2D eigenvalue weighted by molar-refractivity contribution is -0.375. The lowest BCUT2D eigenvalue weighted by atomic mass is 9.95. The Morgan fingerprint density at radius 2 is 1.79 bits per heavy atom. The number of terminal acetylenes is 1. The lowest BCUT2D eigenvalue weighted by Gasteiger charge is -2.37. The van der Waals surface area contributed by atoms with Gasteiger partial charge >= 0.3 is 18.4 Å². The van der Waals surface area contributed by atoms with Crippen molar-refractivity contribution in [1.82, 2.24) is 25.2 Å². The zero-order valence-electron chi connectivity index (χ0n) is 31.8. The topological polar surface area (TPSA) is 105 Å². The van der Waals surface area contributed by atoms with E-state index in [1.807, 2.05) is 4.90 Å². The van der Waals surface area contributed by atoms with Crippen molar-refractivity contribution in [3.8, 4) is 35.4 Å². The standard InChI is InChI=1S/C41H42F8N6O3/c1-4-25-27(42)10-7-21-17-24(56)18-26(31(21)25)34-33(43)35-32-30(51-34)12-11-29(28(5-2)50-22-8-9-22)52-36(32)54-37(53-35)57-20-39-14-6-16-55(39)23(13-15-39)19-58-38(3,40(44,45)46)41(47,48)49/h1,7,10,17-18,22-23,28-29,50,56H,5-6,8-9,11-16,19-20H2,2-3H3,(H,52,53,54)/t23-,28-,29+,39-/m0/s1. The van der Waals surface area contributed by atoms with E-state index in [4.69, 9.17) is 21.1 Å². The molecule has 1 saturated carbocycles. The number of nitrogens with zero attached hydrogens (tertiary/aromatic N) is 4. The van der Waals surface area contributed by atoms with Gasteiger partial charge in [0, 0.05) is 35.1 Å². The van der Waals surface area contributed by atoms with Gasteiger partial charge in [0.05, 0.1) is 28.8 Å². The minimum atomic E-state index is -5.68. The number of anilines is 1. The van der Waals surface area contributed by atoms with Gasteiger partial charge in [-0.05, 0) is 94.8 Å².